The second kappa shape index (κ2) is 6.79. The molecule has 0 unspecified atom stereocenters. The molecule has 0 saturated heterocycles. The van der Waals surface area contributed by atoms with Crippen molar-refractivity contribution < 1.29 is 8.42 Å². The Morgan fingerprint density at radius 1 is 1.16 bits per heavy atom. The molecule has 128 valence electrons. The second-order valence-corrected chi connectivity index (χ2v) is 7.96. The number of sulfonamides is 1. The number of hydrogen-bond acceptors (Lipinski definition) is 7. The van der Waals surface area contributed by atoms with Gasteiger partial charge in [-0.2, -0.15) is 4.31 Å². The zero-order valence-electron chi connectivity index (χ0n) is 12.6. The molecule has 25 heavy (non-hydrogen) atoms. The van der Waals surface area contributed by atoms with Crippen LogP contribution in [0.15, 0.2) is 59.1 Å². The fourth-order valence-electron chi connectivity index (χ4n) is 2.02. The van der Waals surface area contributed by atoms with Crippen LogP contribution >= 0.6 is 22.9 Å². The van der Waals surface area contributed by atoms with Gasteiger partial charge in [0.1, 0.15) is 5.69 Å². The first-order valence-corrected chi connectivity index (χ1v) is 9.60. The molecule has 2 heterocycles. The monoisotopic (exact) mass is 393 g/mol. The molecular weight excluding hydrogens is 382 g/mol. The summed E-state index contributed by atoms with van der Waals surface area (Å²) < 4.78 is 27.0. The molecule has 3 rings (SSSR count). The van der Waals surface area contributed by atoms with Crippen LogP contribution in [-0.4, -0.2) is 24.2 Å². The van der Waals surface area contributed by atoms with E-state index in [1.54, 1.807) is 11.4 Å². The van der Waals surface area contributed by atoms with Gasteiger partial charge < -0.3 is 5.73 Å². The first kappa shape index (κ1) is 17.3. The molecule has 0 bridgehead atoms. The first-order chi connectivity index (χ1) is 11.9. The van der Waals surface area contributed by atoms with Gasteiger partial charge in [-0.25, -0.2) is 13.4 Å². The maximum atomic E-state index is 13.1. The number of anilines is 2. The Labute approximate surface area is 153 Å². The Balaban J connectivity index is 2.13. The maximum absolute atomic E-state index is 13.1. The average Bonchev–Trinajstić information content (AvgIpc) is 3.09. The van der Waals surface area contributed by atoms with E-state index in [1.807, 2.05) is 0 Å². The number of nitrogen functional groups attached to an aromatic ring is 1. The number of benzene rings is 1. The lowest BCUT2D eigenvalue weighted by Gasteiger charge is -2.22. The summed E-state index contributed by atoms with van der Waals surface area (Å²) in [5.74, 6) is -0.353. The fourth-order valence-corrected chi connectivity index (χ4v) is 4.43. The minimum Gasteiger partial charge on any atom is -0.399 e. The number of pyridine rings is 1. The van der Waals surface area contributed by atoms with Crippen LogP contribution in [-0.2, 0) is 10.0 Å². The van der Waals surface area contributed by atoms with Crippen molar-refractivity contribution in [2.24, 2.45) is 0 Å². The number of halogens is 1. The fraction of sp³-hybridized carbons (Fsp3) is 0. The van der Waals surface area contributed by atoms with Crippen LogP contribution in [0.3, 0.4) is 0 Å². The zero-order chi connectivity index (χ0) is 18.0. The lowest BCUT2D eigenvalue weighted by molar-refractivity contribution is 0.597. The van der Waals surface area contributed by atoms with Gasteiger partial charge in [0, 0.05) is 28.5 Å². The van der Waals surface area contributed by atoms with Crippen LogP contribution in [0.25, 0.3) is 0 Å². The lowest BCUT2D eigenvalue weighted by Crippen LogP contribution is -2.37. The van der Waals surface area contributed by atoms with Gasteiger partial charge in [-0.1, -0.05) is 11.6 Å². The van der Waals surface area contributed by atoms with Crippen molar-refractivity contribution >= 4 is 49.6 Å². The Hall–Kier alpha value is -2.49. The molecule has 0 atom stereocenters. The molecule has 0 fully saturated rings. The molecule has 0 amide bonds. The smallest absolute Gasteiger partial charge is 0.271 e. The predicted molar refractivity (Wildman–Crippen MR) is 98.7 cm³/mol. The minimum absolute atomic E-state index is 0.0105. The minimum atomic E-state index is -4.08. The number of thiazole rings is 1. The van der Waals surface area contributed by atoms with Gasteiger partial charge in [-0.3, -0.25) is 10.4 Å². The van der Waals surface area contributed by atoms with Crippen molar-refractivity contribution in [1.29, 1.82) is 5.41 Å². The SMILES string of the molecule is N=C(c1cc(Cl)ccn1)N(c1nccs1)S(=O)(=O)c1ccc(N)cc1. The maximum Gasteiger partial charge on any atom is 0.271 e. The van der Waals surface area contributed by atoms with Gasteiger partial charge in [0.25, 0.3) is 10.0 Å². The van der Waals surface area contributed by atoms with Crippen LogP contribution in [0.5, 0.6) is 0 Å². The first-order valence-electron chi connectivity index (χ1n) is 6.90. The van der Waals surface area contributed by atoms with E-state index in [0.717, 1.165) is 15.6 Å². The van der Waals surface area contributed by atoms with Crippen LogP contribution in [0.2, 0.25) is 5.02 Å². The number of nitrogens with zero attached hydrogens (tertiary/aromatic N) is 3. The van der Waals surface area contributed by atoms with E-state index in [4.69, 9.17) is 22.7 Å². The second-order valence-electron chi connectivity index (χ2n) is 4.86. The van der Waals surface area contributed by atoms with E-state index in [0.29, 0.717) is 10.7 Å². The van der Waals surface area contributed by atoms with Crippen molar-refractivity contribution in [1.82, 2.24) is 9.97 Å². The number of nitrogens with two attached hydrogens (primary N) is 1. The molecule has 0 aliphatic rings. The van der Waals surface area contributed by atoms with Crippen molar-refractivity contribution in [3.05, 3.63) is 64.9 Å². The standard InChI is InChI=1S/C15H12ClN5O2S2/c16-10-5-6-19-13(9-10)14(18)21(15-20-7-8-24-15)25(22,23)12-3-1-11(17)2-4-12/h1-9,18H,17H2. The van der Waals surface area contributed by atoms with Gasteiger partial charge in [0.05, 0.1) is 4.90 Å². The van der Waals surface area contributed by atoms with Crippen LogP contribution in [0.4, 0.5) is 10.8 Å². The number of hydrogen-bond donors (Lipinski definition) is 2. The average molecular weight is 394 g/mol. The van der Waals surface area contributed by atoms with E-state index in [9.17, 15) is 8.42 Å². The van der Waals surface area contributed by atoms with Crippen molar-refractivity contribution in [2.75, 3.05) is 10.0 Å². The van der Waals surface area contributed by atoms with E-state index < -0.39 is 10.0 Å². The van der Waals surface area contributed by atoms with Gasteiger partial charge in [0.15, 0.2) is 5.84 Å². The largest absolute Gasteiger partial charge is 0.399 e. The number of nitrogens with one attached hydrogen (secondary N) is 1. The van der Waals surface area contributed by atoms with Gasteiger partial charge in [-0.05, 0) is 36.4 Å². The lowest BCUT2D eigenvalue weighted by atomic mass is 10.3. The Morgan fingerprint density at radius 3 is 2.48 bits per heavy atom. The van der Waals surface area contributed by atoms with Crippen molar-refractivity contribution in [3.8, 4) is 0 Å². The topological polar surface area (TPSA) is 113 Å². The summed E-state index contributed by atoms with van der Waals surface area (Å²) in [5.41, 5.74) is 6.17. The number of aromatic nitrogens is 2. The Kier molecular flexibility index (Phi) is 4.71. The Morgan fingerprint density at radius 2 is 1.88 bits per heavy atom. The summed E-state index contributed by atoms with van der Waals surface area (Å²) in [6.45, 7) is 0. The van der Waals surface area contributed by atoms with Crippen LogP contribution in [0, 0.1) is 5.41 Å². The summed E-state index contributed by atoms with van der Waals surface area (Å²) in [6.07, 6.45) is 2.87. The van der Waals surface area contributed by atoms with Crippen LogP contribution in [0.1, 0.15) is 5.69 Å². The number of amidine groups is 1. The molecule has 0 spiro atoms. The number of rotatable bonds is 4. The van der Waals surface area contributed by atoms with E-state index >= 15 is 0 Å². The van der Waals surface area contributed by atoms with Crippen molar-refractivity contribution in [2.45, 2.75) is 4.90 Å². The molecule has 0 radical (unpaired) electrons. The van der Waals surface area contributed by atoms with Crippen LogP contribution < -0.4 is 10.0 Å². The van der Waals surface area contributed by atoms with E-state index in [1.165, 1.54) is 42.7 Å². The summed E-state index contributed by atoms with van der Waals surface area (Å²) in [6, 6.07) is 8.68. The van der Waals surface area contributed by atoms with Gasteiger partial charge in [0.2, 0.25) is 5.13 Å². The molecular formula is C15H12ClN5O2S2. The Bertz CT molecular complexity index is 1000. The predicted octanol–water partition coefficient (Wildman–Crippen LogP) is 2.99. The molecule has 0 aliphatic heterocycles. The molecule has 1 aromatic carbocycles. The summed E-state index contributed by atoms with van der Waals surface area (Å²) in [4.78, 5) is 8.06. The van der Waals surface area contributed by atoms with Crippen molar-refractivity contribution in [3.63, 3.8) is 0 Å². The van der Waals surface area contributed by atoms with Gasteiger partial charge >= 0.3 is 0 Å². The van der Waals surface area contributed by atoms with Gasteiger partial charge in [-0.15, -0.1) is 11.3 Å². The third-order valence-electron chi connectivity index (χ3n) is 3.18. The summed E-state index contributed by atoms with van der Waals surface area (Å²) in [7, 11) is -4.08. The molecule has 0 saturated carbocycles. The van der Waals surface area contributed by atoms with E-state index in [2.05, 4.69) is 9.97 Å². The third-order valence-corrected chi connectivity index (χ3v) is 5.99. The highest BCUT2D eigenvalue weighted by atomic mass is 35.5. The molecule has 10 heteroatoms. The zero-order valence-corrected chi connectivity index (χ0v) is 15.0. The molecule has 3 aromatic rings. The summed E-state index contributed by atoms with van der Waals surface area (Å²) in [5, 5.41) is 10.5. The quantitative estimate of drug-likeness (QED) is 0.402. The highest BCUT2D eigenvalue weighted by Crippen LogP contribution is 2.28. The van der Waals surface area contributed by atoms with E-state index in [-0.39, 0.29) is 21.6 Å². The summed E-state index contributed by atoms with van der Waals surface area (Å²) >= 11 is 7.03. The molecule has 2 aromatic heterocycles. The molecule has 3 N–H and O–H groups in total. The highest BCUT2D eigenvalue weighted by Gasteiger charge is 2.32. The highest BCUT2D eigenvalue weighted by molar-refractivity contribution is 7.93. The third kappa shape index (κ3) is 3.48. The normalized spacial score (nSPS) is 11.2. The molecule has 0 aliphatic carbocycles. The molecule has 7 nitrogen and oxygen atoms in total.